The van der Waals surface area contributed by atoms with Gasteiger partial charge in [0.25, 0.3) is 0 Å². The van der Waals surface area contributed by atoms with Crippen molar-refractivity contribution in [2.45, 2.75) is 44.6 Å². The fraction of sp³-hybridized carbons (Fsp3) is 0.562. The normalized spacial score (nSPS) is 23.6. The first kappa shape index (κ1) is 14.0. The van der Waals surface area contributed by atoms with Crippen molar-refractivity contribution in [2.24, 2.45) is 5.92 Å². The molecule has 0 aromatic heterocycles. The van der Waals surface area contributed by atoms with Crippen LogP contribution in [0.25, 0.3) is 0 Å². The maximum absolute atomic E-state index is 13.0. The highest BCUT2D eigenvalue weighted by molar-refractivity contribution is 5.22. The summed E-state index contributed by atoms with van der Waals surface area (Å²) in [6.45, 7) is 4.92. The second kappa shape index (κ2) is 5.71. The van der Waals surface area contributed by atoms with Gasteiger partial charge in [-0.1, -0.05) is 12.1 Å². The highest BCUT2D eigenvalue weighted by Crippen LogP contribution is 2.39. The van der Waals surface area contributed by atoms with E-state index in [-0.39, 0.29) is 17.3 Å². The van der Waals surface area contributed by atoms with Gasteiger partial charge < -0.3 is 4.74 Å². The molecular weight excluding hydrogens is 241 g/mol. The Balaban J connectivity index is 2.20. The second-order valence-electron chi connectivity index (χ2n) is 5.88. The molecule has 19 heavy (non-hydrogen) atoms. The first-order valence-corrected chi connectivity index (χ1v) is 6.78. The number of rotatable bonds is 3. The molecule has 1 aromatic rings. The van der Waals surface area contributed by atoms with Gasteiger partial charge in [-0.25, -0.2) is 4.39 Å². The molecule has 1 saturated heterocycles. The number of nitrogens with zero attached hydrogens (tertiary/aromatic N) is 1. The SMILES string of the molecule is CC1(C)C[C@@H](C(CC#N)c2ccc(F)cc2)CCO1. The van der Waals surface area contributed by atoms with Gasteiger partial charge in [-0.05, 0) is 56.2 Å². The number of hydrogen-bond acceptors (Lipinski definition) is 2. The van der Waals surface area contributed by atoms with Crippen LogP contribution in [0.1, 0.15) is 44.6 Å². The third kappa shape index (κ3) is 3.54. The number of hydrogen-bond donors (Lipinski definition) is 0. The van der Waals surface area contributed by atoms with Crippen molar-refractivity contribution in [1.29, 1.82) is 5.26 Å². The summed E-state index contributed by atoms with van der Waals surface area (Å²) >= 11 is 0. The Hall–Kier alpha value is -1.40. The molecule has 0 radical (unpaired) electrons. The molecule has 102 valence electrons. The third-order valence-corrected chi connectivity index (χ3v) is 3.91. The van der Waals surface area contributed by atoms with Gasteiger partial charge >= 0.3 is 0 Å². The summed E-state index contributed by atoms with van der Waals surface area (Å²) < 4.78 is 18.8. The van der Waals surface area contributed by atoms with Crippen LogP contribution in [0.15, 0.2) is 24.3 Å². The molecule has 0 saturated carbocycles. The Morgan fingerprint density at radius 1 is 1.42 bits per heavy atom. The van der Waals surface area contributed by atoms with Gasteiger partial charge in [-0.15, -0.1) is 0 Å². The topological polar surface area (TPSA) is 33.0 Å². The Kier molecular flexibility index (Phi) is 4.21. The van der Waals surface area contributed by atoms with Gasteiger partial charge in [0.15, 0.2) is 0 Å². The van der Waals surface area contributed by atoms with E-state index in [1.807, 2.05) is 0 Å². The van der Waals surface area contributed by atoms with Crippen LogP contribution in [0.2, 0.25) is 0 Å². The van der Waals surface area contributed by atoms with Crippen molar-refractivity contribution in [2.75, 3.05) is 6.61 Å². The van der Waals surface area contributed by atoms with E-state index in [1.54, 1.807) is 12.1 Å². The molecule has 3 heteroatoms. The average molecular weight is 261 g/mol. The molecule has 1 aromatic carbocycles. The standard InChI is InChI=1S/C16H20FNO/c1-16(2)11-13(8-10-19-16)15(7-9-18)12-3-5-14(17)6-4-12/h3-6,13,15H,7-8,10-11H2,1-2H3/t13-,15?/m0/s1. The lowest BCUT2D eigenvalue weighted by molar-refractivity contribution is -0.0766. The number of benzene rings is 1. The third-order valence-electron chi connectivity index (χ3n) is 3.91. The Labute approximate surface area is 114 Å². The fourth-order valence-electron chi connectivity index (χ4n) is 2.99. The van der Waals surface area contributed by atoms with E-state index < -0.39 is 0 Å². The van der Waals surface area contributed by atoms with E-state index >= 15 is 0 Å². The predicted molar refractivity (Wildman–Crippen MR) is 72.1 cm³/mol. The lowest BCUT2D eigenvalue weighted by Gasteiger charge is -2.39. The van der Waals surface area contributed by atoms with Crippen LogP contribution in [-0.2, 0) is 4.74 Å². The zero-order valence-corrected chi connectivity index (χ0v) is 11.5. The molecule has 2 atom stereocenters. The minimum Gasteiger partial charge on any atom is -0.376 e. The minimum atomic E-state index is -0.230. The molecule has 2 nitrogen and oxygen atoms in total. The zero-order chi connectivity index (χ0) is 13.9. The summed E-state index contributed by atoms with van der Waals surface area (Å²) in [5.41, 5.74) is 0.932. The fourth-order valence-corrected chi connectivity index (χ4v) is 2.99. The number of nitriles is 1. The van der Waals surface area contributed by atoms with Crippen LogP contribution < -0.4 is 0 Å². The van der Waals surface area contributed by atoms with E-state index in [2.05, 4.69) is 19.9 Å². The molecule has 2 rings (SSSR count). The Morgan fingerprint density at radius 3 is 2.68 bits per heavy atom. The van der Waals surface area contributed by atoms with Crippen molar-refractivity contribution in [3.05, 3.63) is 35.6 Å². The quantitative estimate of drug-likeness (QED) is 0.823. The molecule has 1 aliphatic rings. The van der Waals surface area contributed by atoms with Crippen LogP contribution in [0.3, 0.4) is 0 Å². The van der Waals surface area contributed by atoms with Crippen molar-refractivity contribution in [1.82, 2.24) is 0 Å². The molecule has 1 unspecified atom stereocenters. The summed E-state index contributed by atoms with van der Waals surface area (Å²) in [6, 6.07) is 8.83. The van der Waals surface area contributed by atoms with E-state index in [4.69, 9.17) is 10.00 Å². The van der Waals surface area contributed by atoms with E-state index in [9.17, 15) is 4.39 Å². The predicted octanol–water partition coefficient (Wildman–Crippen LogP) is 4.03. The van der Waals surface area contributed by atoms with Crippen LogP contribution in [0.4, 0.5) is 4.39 Å². The Bertz CT molecular complexity index is 461. The lowest BCUT2D eigenvalue weighted by atomic mass is 9.75. The first-order valence-electron chi connectivity index (χ1n) is 6.78. The summed E-state index contributed by atoms with van der Waals surface area (Å²) in [7, 11) is 0. The van der Waals surface area contributed by atoms with Crippen LogP contribution >= 0.6 is 0 Å². The van der Waals surface area contributed by atoms with E-state index in [0.29, 0.717) is 12.3 Å². The minimum absolute atomic E-state index is 0.128. The monoisotopic (exact) mass is 261 g/mol. The molecule has 1 fully saturated rings. The molecular formula is C16H20FNO. The van der Waals surface area contributed by atoms with Crippen molar-refractivity contribution >= 4 is 0 Å². The second-order valence-corrected chi connectivity index (χ2v) is 5.88. The van der Waals surface area contributed by atoms with Crippen molar-refractivity contribution in [3.63, 3.8) is 0 Å². The van der Waals surface area contributed by atoms with Gasteiger partial charge in [0.05, 0.1) is 11.7 Å². The molecule has 0 amide bonds. The molecule has 1 heterocycles. The highest BCUT2D eigenvalue weighted by atomic mass is 19.1. The van der Waals surface area contributed by atoms with E-state index in [1.165, 1.54) is 12.1 Å². The maximum atomic E-state index is 13.0. The van der Waals surface area contributed by atoms with Crippen LogP contribution in [-0.4, -0.2) is 12.2 Å². The molecule has 0 spiro atoms. The van der Waals surface area contributed by atoms with Gasteiger partial charge in [-0.3, -0.25) is 0 Å². The average Bonchev–Trinajstić information content (AvgIpc) is 2.36. The van der Waals surface area contributed by atoms with Gasteiger partial charge in [0.2, 0.25) is 0 Å². The summed E-state index contributed by atoms with van der Waals surface area (Å²) in [6.07, 6.45) is 2.39. The lowest BCUT2D eigenvalue weighted by Crippen LogP contribution is -2.36. The summed E-state index contributed by atoms with van der Waals surface area (Å²) in [5, 5.41) is 9.06. The smallest absolute Gasteiger partial charge is 0.123 e. The van der Waals surface area contributed by atoms with E-state index in [0.717, 1.165) is 25.0 Å². The largest absolute Gasteiger partial charge is 0.376 e. The number of halogens is 1. The van der Waals surface area contributed by atoms with Gasteiger partial charge in [0, 0.05) is 13.0 Å². The van der Waals surface area contributed by atoms with Gasteiger partial charge in [0.1, 0.15) is 5.82 Å². The molecule has 0 aliphatic carbocycles. The van der Waals surface area contributed by atoms with Crippen molar-refractivity contribution < 1.29 is 9.13 Å². The van der Waals surface area contributed by atoms with Crippen LogP contribution in [0, 0.1) is 23.1 Å². The van der Waals surface area contributed by atoms with Crippen LogP contribution in [0.5, 0.6) is 0 Å². The number of ether oxygens (including phenoxy) is 1. The van der Waals surface area contributed by atoms with Gasteiger partial charge in [-0.2, -0.15) is 5.26 Å². The summed E-state index contributed by atoms with van der Waals surface area (Å²) in [5.74, 6) is 0.370. The van der Waals surface area contributed by atoms with Crippen molar-refractivity contribution in [3.8, 4) is 6.07 Å². The molecule has 0 bridgehead atoms. The summed E-state index contributed by atoms with van der Waals surface area (Å²) in [4.78, 5) is 0. The first-order chi connectivity index (χ1) is 9.02. The maximum Gasteiger partial charge on any atom is 0.123 e. The highest BCUT2D eigenvalue weighted by Gasteiger charge is 2.34. The Morgan fingerprint density at radius 2 is 2.11 bits per heavy atom. The molecule has 1 aliphatic heterocycles. The zero-order valence-electron chi connectivity index (χ0n) is 11.5. The molecule has 0 N–H and O–H groups in total.